The molecule has 1 aromatic carbocycles. The van der Waals surface area contributed by atoms with E-state index in [1.54, 1.807) is 11.7 Å². The van der Waals surface area contributed by atoms with Gasteiger partial charge in [0.1, 0.15) is 5.82 Å². The molecular formula is C23H22F2N6O2. The zero-order valence-electron chi connectivity index (χ0n) is 18.2. The number of anilines is 1. The molecule has 0 aliphatic rings. The summed E-state index contributed by atoms with van der Waals surface area (Å²) in [4.78, 5) is 20.0. The number of amides is 1. The molecule has 1 atom stereocenters. The van der Waals surface area contributed by atoms with Crippen LogP contribution in [0.25, 0.3) is 22.0 Å². The molecule has 170 valence electrons. The number of nitrogens with two attached hydrogens (primary N) is 1. The fraction of sp³-hybridized carbons (Fsp3) is 0.217. The van der Waals surface area contributed by atoms with Gasteiger partial charge in [-0.3, -0.25) is 14.5 Å². The first-order valence-corrected chi connectivity index (χ1v) is 10.1. The van der Waals surface area contributed by atoms with Gasteiger partial charge < -0.3 is 16.2 Å². The molecule has 0 spiro atoms. The van der Waals surface area contributed by atoms with Crippen molar-refractivity contribution in [2.75, 3.05) is 5.32 Å². The van der Waals surface area contributed by atoms with E-state index in [-0.39, 0.29) is 33.9 Å². The summed E-state index contributed by atoms with van der Waals surface area (Å²) >= 11 is 0. The number of nitrogens with one attached hydrogen (secondary N) is 1. The summed E-state index contributed by atoms with van der Waals surface area (Å²) in [5.74, 6) is -2.35. The number of aliphatic hydroxyl groups is 1. The molecule has 0 aliphatic heterocycles. The number of rotatable bonds is 6. The number of halogens is 2. The van der Waals surface area contributed by atoms with Crippen molar-refractivity contribution >= 4 is 22.5 Å². The molecule has 4 rings (SSSR count). The van der Waals surface area contributed by atoms with Gasteiger partial charge in [0.05, 0.1) is 40.8 Å². The molecule has 33 heavy (non-hydrogen) atoms. The Morgan fingerprint density at radius 3 is 2.64 bits per heavy atom. The summed E-state index contributed by atoms with van der Waals surface area (Å²) in [7, 11) is 1.81. The van der Waals surface area contributed by atoms with Crippen molar-refractivity contribution in [3.05, 3.63) is 70.9 Å². The van der Waals surface area contributed by atoms with E-state index in [2.05, 4.69) is 20.4 Å². The lowest BCUT2D eigenvalue weighted by Gasteiger charge is -2.19. The highest BCUT2D eigenvalue weighted by molar-refractivity contribution is 6.07. The Kier molecular flexibility index (Phi) is 5.77. The van der Waals surface area contributed by atoms with Gasteiger partial charge in [0.2, 0.25) is 5.95 Å². The Morgan fingerprint density at radius 2 is 2.03 bits per heavy atom. The van der Waals surface area contributed by atoms with E-state index in [1.165, 1.54) is 24.4 Å². The van der Waals surface area contributed by atoms with E-state index in [1.807, 2.05) is 20.0 Å². The summed E-state index contributed by atoms with van der Waals surface area (Å²) in [6, 6.07) is 4.99. The average molecular weight is 452 g/mol. The molecule has 4 aromatic rings. The number of nitrogens with zero attached hydrogens (tertiary/aromatic N) is 4. The van der Waals surface area contributed by atoms with Crippen LogP contribution in [0.3, 0.4) is 0 Å². The molecule has 0 radical (unpaired) electrons. The van der Waals surface area contributed by atoms with Gasteiger partial charge in [0.25, 0.3) is 5.91 Å². The number of aromatic nitrogens is 4. The first-order chi connectivity index (χ1) is 15.7. The zero-order valence-corrected chi connectivity index (χ0v) is 18.2. The number of fused-ring (bicyclic) bond motifs is 1. The molecule has 1 amide bonds. The van der Waals surface area contributed by atoms with Crippen molar-refractivity contribution < 1.29 is 18.7 Å². The van der Waals surface area contributed by atoms with Gasteiger partial charge in [-0.25, -0.2) is 9.37 Å². The van der Waals surface area contributed by atoms with Crippen molar-refractivity contribution in [3.8, 4) is 11.1 Å². The fourth-order valence-electron chi connectivity index (χ4n) is 3.86. The van der Waals surface area contributed by atoms with Crippen molar-refractivity contribution in [2.24, 2.45) is 12.8 Å². The van der Waals surface area contributed by atoms with Crippen molar-refractivity contribution in [1.29, 1.82) is 0 Å². The molecule has 3 aromatic heterocycles. The normalized spacial score (nSPS) is 12.2. The van der Waals surface area contributed by atoms with Gasteiger partial charge in [-0.15, -0.1) is 0 Å². The maximum atomic E-state index is 14.9. The number of primary amides is 1. The van der Waals surface area contributed by atoms with Gasteiger partial charge in [-0.05, 0) is 37.6 Å². The minimum atomic E-state index is -0.925. The highest BCUT2D eigenvalue weighted by Gasteiger charge is 2.21. The summed E-state index contributed by atoms with van der Waals surface area (Å²) in [6.07, 6.45) is 3.15. The summed E-state index contributed by atoms with van der Waals surface area (Å²) < 4.78 is 31.2. The molecular weight excluding hydrogens is 430 g/mol. The third-order valence-electron chi connectivity index (χ3n) is 5.40. The van der Waals surface area contributed by atoms with Crippen molar-refractivity contribution in [3.63, 3.8) is 0 Å². The van der Waals surface area contributed by atoms with Gasteiger partial charge >= 0.3 is 0 Å². The smallest absolute Gasteiger partial charge is 0.252 e. The van der Waals surface area contributed by atoms with Crippen molar-refractivity contribution in [1.82, 2.24) is 19.7 Å². The van der Waals surface area contributed by atoms with Crippen LogP contribution in [-0.4, -0.2) is 30.8 Å². The Labute approximate surface area is 188 Å². The Hall–Kier alpha value is -3.92. The quantitative estimate of drug-likeness (QED) is 0.386. The monoisotopic (exact) mass is 452 g/mol. The summed E-state index contributed by atoms with van der Waals surface area (Å²) in [5.41, 5.74) is 7.96. The molecule has 3 heterocycles. The van der Waals surface area contributed by atoms with Crippen LogP contribution in [0.15, 0.2) is 36.7 Å². The number of hydrogen-bond acceptors (Lipinski definition) is 6. The number of benzene rings is 1. The molecule has 0 saturated heterocycles. The van der Waals surface area contributed by atoms with Gasteiger partial charge in [0, 0.05) is 42.0 Å². The maximum absolute atomic E-state index is 14.9. The van der Waals surface area contributed by atoms with Crippen LogP contribution < -0.4 is 11.1 Å². The zero-order chi connectivity index (χ0) is 23.9. The molecule has 8 nitrogen and oxygen atoms in total. The Morgan fingerprint density at radius 1 is 1.27 bits per heavy atom. The molecule has 0 saturated carbocycles. The summed E-state index contributed by atoms with van der Waals surface area (Å²) in [6.45, 7) is 3.34. The highest BCUT2D eigenvalue weighted by Crippen LogP contribution is 2.35. The van der Waals surface area contributed by atoms with Crippen LogP contribution >= 0.6 is 0 Å². The lowest BCUT2D eigenvalue weighted by Crippen LogP contribution is -2.17. The standard InChI is InChI=1S/C23H22F2N6O2/c1-11-9-31(3)30-20(11)12(2)28-21-16-6-15(14-5-4-13(10-32)29-22(14)25)18(24)7-19(16)27-8-17(21)23(26)33/h4-9,12,32H,10H2,1-3H3,(H2,26,33)(H,27,28)/t12-/m0/s1. The van der Waals surface area contributed by atoms with Crippen LogP contribution in [0, 0.1) is 18.7 Å². The van der Waals surface area contributed by atoms with Gasteiger partial charge in [-0.2, -0.15) is 9.49 Å². The number of aliphatic hydroxyl groups excluding tert-OH is 1. The summed E-state index contributed by atoms with van der Waals surface area (Å²) in [5, 5.41) is 17.3. The minimum absolute atomic E-state index is 0.0647. The largest absolute Gasteiger partial charge is 0.390 e. The number of aryl methyl sites for hydroxylation is 2. The van der Waals surface area contributed by atoms with Crippen LogP contribution in [0.5, 0.6) is 0 Å². The predicted octanol–water partition coefficient (Wildman–Crippen LogP) is 3.38. The highest BCUT2D eigenvalue weighted by atomic mass is 19.1. The number of pyridine rings is 2. The van der Waals surface area contributed by atoms with E-state index in [0.717, 1.165) is 17.3 Å². The van der Waals surface area contributed by atoms with Crippen LogP contribution in [-0.2, 0) is 13.7 Å². The van der Waals surface area contributed by atoms with Gasteiger partial charge in [0.15, 0.2) is 0 Å². The third kappa shape index (κ3) is 4.12. The first kappa shape index (κ1) is 22.3. The lowest BCUT2D eigenvalue weighted by molar-refractivity contribution is 0.100. The minimum Gasteiger partial charge on any atom is -0.390 e. The van der Waals surface area contributed by atoms with Crippen LogP contribution in [0.2, 0.25) is 0 Å². The van der Waals surface area contributed by atoms with Crippen molar-refractivity contribution in [2.45, 2.75) is 26.5 Å². The van der Waals surface area contributed by atoms with E-state index in [0.29, 0.717) is 11.1 Å². The lowest BCUT2D eigenvalue weighted by atomic mass is 10.00. The van der Waals surface area contributed by atoms with Crippen LogP contribution in [0.1, 0.15) is 40.3 Å². The maximum Gasteiger partial charge on any atom is 0.252 e. The molecule has 0 unspecified atom stereocenters. The molecule has 0 fully saturated rings. The molecule has 10 heteroatoms. The molecule has 4 N–H and O–H groups in total. The number of hydrogen-bond donors (Lipinski definition) is 3. The molecule has 0 aliphatic carbocycles. The Bertz CT molecular complexity index is 1390. The predicted molar refractivity (Wildman–Crippen MR) is 119 cm³/mol. The van der Waals surface area contributed by atoms with E-state index < -0.39 is 24.3 Å². The number of carbonyl (C=O) groups excluding carboxylic acids is 1. The second-order valence-corrected chi connectivity index (χ2v) is 7.80. The Balaban J connectivity index is 1.90. The SMILES string of the molecule is Cc1cn(C)nc1[C@H](C)Nc1c(C(N)=O)cnc2cc(F)c(-c3ccc(CO)nc3F)cc12. The fourth-order valence-corrected chi connectivity index (χ4v) is 3.86. The topological polar surface area (TPSA) is 119 Å². The van der Waals surface area contributed by atoms with E-state index in [4.69, 9.17) is 10.8 Å². The van der Waals surface area contributed by atoms with Crippen LogP contribution in [0.4, 0.5) is 14.5 Å². The number of carbonyl (C=O) groups is 1. The van der Waals surface area contributed by atoms with E-state index >= 15 is 0 Å². The third-order valence-corrected chi connectivity index (χ3v) is 5.40. The van der Waals surface area contributed by atoms with Gasteiger partial charge in [-0.1, -0.05) is 0 Å². The molecule has 0 bridgehead atoms. The second kappa shape index (κ2) is 8.55. The second-order valence-electron chi connectivity index (χ2n) is 7.80. The average Bonchev–Trinajstić information content (AvgIpc) is 3.11. The van der Waals surface area contributed by atoms with E-state index in [9.17, 15) is 13.6 Å². The first-order valence-electron chi connectivity index (χ1n) is 10.1.